The smallest absolute Gasteiger partial charge is 0.191 e. The summed E-state index contributed by atoms with van der Waals surface area (Å²) in [5.74, 6) is 2.37. The molecule has 2 rings (SSSR count). The number of ether oxygens (including phenoxy) is 2. The molecular formula is C21H35IN4O2. The van der Waals surface area contributed by atoms with Crippen LogP contribution < -0.4 is 20.1 Å². The van der Waals surface area contributed by atoms with Gasteiger partial charge in [0.2, 0.25) is 0 Å². The Labute approximate surface area is 186 Å². The van der Waals surface area contributed by atoms with Crippen LogP contribution in [-0.2, 0) is 6.54 Å². The predicted octanol–water partition coefficient (Wildman–Crippen LogP) is 3.42. The van der Waals surface area contributed by atoms with Gasteiger partial charge >= 0.3 is 0 Å². The molecule has 7 heteroatoms. The molecule has 0 amide bonds. The SMILES string of the molecule is CCN(CC)CCOc1ccc(CNC(=NC)NC2CC=CC2)cc1OC.I. The molecule has 158 valence electrons. The van der Waals surface area contributed by atoms with Crippen molar-refractivity contribution in [2.75, 3.05) is 40.4 Å². The fraction of sp³-hybridized carbons (Fsp3) is 0.571. The van der Waals surface area contributed by atoms with Crippen LogP contribution >= 0.6 is 24.0 Å². The van der Waals surface area contributed by atoms with E-state index in [1.54, 1.807) is 14.2 Å². The Morgan fingerprint density at radius 1 is 1.18 bits per heavy atom. The summed E-state index contributed by atoms with van der Waals surface area (Å²) < 4.78 is 11.4. The Morgan fingerprint density at radius 2 is 1.89 bits per heavy atom. The highest BCUT2D eigenvalue weighted by Gasteiger charge is 2.12. The van der Waals surface area contributed by atoms with E-state index in [0.717, 1.165) is 55.5 Å². The lowest BCUT2D eigenvalue weighted by Gasteiger charge is -2.19. The van der Waals surface area contributed by atoms with Crippen molar-refractivity contribution in [2.24, 2.45) is 4.99 Å². The molecule has 0 spiro atoms. The first kappa shape index (κ1) is 24.6. The lowest BCUT2D eigenvalue weighted by atomic mass is 10.2. The van der Waals surface area contributed by atoms with Crippen LogP contribution in [0.2, 0.25) is 0 Å². The molecule has 28 heavy (non-hydrogen) atoms. The molecule has 0 radical (unpaired) electrons. The van der Waals surface area contributed by atoms with Crippen molar-refractivity contribution in [2.45, 2.75) is 39.3 Å². The number of halogens is 1. The summed E-state index contributed by atoms with van der Waals surface area (Å²) in [4.78, 5) is 6.64. The molecule has 1 aliphatic rings. The number of benzene rings is 1. The van der Waals surface area contributed by atoms with Gasteiger partial charge in [0.05, 0.1) is 7.11 Å². The monoisotopic (exact) mass is 502 g/mol. The summed E-state index contributed by atoms with van der Waals surface area (Å²) in [5, 5.41) is 6.81. The van der Waals surface area contributed by atoms with Crippen LogP contribution in [0, 0.1) is 0 Å². The van der Waals surface area contributed by atoms with Crippen molar-refractivity contribution in [1.82, 2.24) is 15.5 Å². The quantitative estimate of drug-likeness (QED) is 0.222. The van der Waals surface area contributed by atoms with Crippen LogP contribution in [0.3, 0.4) is 0 Å². The van der Waals surface area contributed by atoms with Gasteiger partial charge in [0.15, 0.2) is 17.5 Å². The average molecular weight is 502 g/mol. The minimum atomic E-state index is 0. The summed E-state index contributed by atoms with van der Waals surface area (Å²) in [7, 11) is 3.47. The lowest BCUT2D eigenvalue weighted by Crippen LogP contribution is -2.42. The maximum Gasteiger partial charge on any atom is 0.191 e. The minimum Gasteiger partial charge on any atom is -0.493 e. The molecule has 6 nitrogen and oxygen atoms in total. The molecule has 0 bridgehead atoms. The van der Waals surface area contributed by atoms with Gasteiger partial charge in [-0.05, 0) is 43.6 Å². The maximum absolute atomic E-state index is 5.92. The van der Waals surface area contributed by atoms with Gasteiger partial charge < -0.3 is 25.0 Å². The van der Waals surface area contributed by atoms with E-state index < -0.39 is 0 Å². The lowest BCUT2D eigenvalue weighted by molar-refractivity contribution is 0.217. The predicted molar refractivity (Wildman–Crippen MR) is 127 cm³/mol. The summed E-state index contributed by atoms with van der Waals surface area (Å²) in [5.41, 5.74) is 1.12. The standard InChI is InChI=1S/C21H34N4O2.HI/c1-5-25(6-2)13-14-27-19-12-11-17(15-20(19)26-4)16-23-21(22-3)24-18-9-7-8-10-18;/h7-8,11-12,15,18H,5-6,9-10,13-14,16H2,1-4H3,(H2,22,23,24);1H. The van der Waals surface area contributed by atoms with Gasteiger partial charge in [0, 0.05) is 26.2 Å². The van der Waals surface area contributed by atoms with Gasteiger partial charge in [-0.1, -0.05) is 32.1 Å². The Bertz CT molecular complexity index is 625. The number of nitrogens with one attached hydrogen (secondary N) is 2. The fourth-order valence-corrected chi connectivity index (χ4v) is 3.07. The molecule has 0 fully saturated rings. The molecule has 0 saturated carbocycles. The zero-order valence-electron chi connectivity index (χ0n) is 17.5. The van der Waals surface area contributed by atoms with Crippen molar-refractivity contribution in [3.63, 3.8) is 0 Å². The number of methoxy groups -OCH3 is 1. The van der Waals surface area contributed by atoms with Gasteiger partial charge in [-0.15, -0.1) is 24.0 Å². The second-order valence-corrected chi connectivity index (χ2v) is 6.57. The normalized spacial score (nSPS) is 14.1. The fourth-order valence-electron chi connectivity index (χ4n) is 3.07. The van der Waals surface area contributed by atoms with Crippen molar-refractivity contribution in [1.29, 1.82) is 0 Å². The van der Waals surface area contributed by atoms with Crippen molar-refractivity contribution in [3.8, 4) is 11.5 Å². The summed E-state index contributed by atoms with van der Waals surface area (Å²) in [6.07, 6.45) is 6.51. The molecule has 0 aromatic heterocycles. The van der Waals surface area contributed by atoms with Gasteiger partial charge in [0.1, 0.15) is 6.61 Å². The van der Waals surface area contributed by atoms with E-state index in [1.807, 2.05) is 12.1 Å². The van der Waals surface area contributed by atoms with Gasteiger partial charge in [-0.25, -0.2) is 0 Å². The van der Waals surface area contributed by atoms with Crippen molar-refractivity contribution >= 4 is 29.9 Å². The third-order valence-corrected chi connectivity index (χ3v) is 4.82. The topological polar surface area (TPSA) is 58.1 Å². The number of hydrogen-bond acceptors (Lipinski definition) is 4. The van der Waals surface area contributed by atoms with E-state index in [-0.39, 0.29) is 24.0 Å². The van der Waals surface area contributed by atoms with Crippen LogP contribution in [0.15, 0.2) is 35.3 Å². The summed E-state index contributed by atoms with van der Waals surface area (Å²) >= 11 is 0. The molecule has 0 heterocycles. The largest absolute Gasteiger partial charge is 0.493 e. The van der Waals surface area contributed by atoms with Crippen molar-refractivity contribution in [3.05, 3.63) is 35.9 Å². The highest BCUT2D eigenvalue weighted by Crippen LogP contribution is 2.28. The van der Waals surface area contributed by atoms with Gasteiger partial charge in [0.25, 0.3) is 0 Å². The zero-order chi connectivity index (χ0) is 19.5. The van der Waals surface area contributed by atoms with E-state index in [0.29, 0.717) is 19.2 Å². The zero-order valence-corrected chi connectivity index (χ0v) is 19.9. The molecule has 1 aliphatic carbocycles. The molecule has 0 aliphatic heterocycles. The number of rotatable bonds is 10. The number of nitrogens with zero attached hydrogens (tertiary/aromatic N) is 2. The third kappa shape index (κ3) is 7.87. The van der Waals surface area contributed by atoms with Crippen molar-refractivity contribution < 1.29 is 9.47 Å². The van der Waals surface area contributed by atoms with Crippen LogP contribution in [0.5, 0.6) is 11.5 Å². The molecule has 0 unspecified atom stereocenters. The van der Waals surface area contributed by atoms with Crippen LogP contribution in [0.4, 0.5) is 0 Å². The number of aliphatic imine (C=N–C) groups is 1. The van der Waals surface area contributed by atoms with E-state index in [2.05, 4.69) is 52.6 Å². The number of hydrogen-bond donors (Lipinski definition) is 2. The minimum absolute atomic E-state index is 0. The highest BCUT2D eigenvalue weighted by atomic mass is 127. The molecule has 1 aromatic carbocycles. The maximum atomic E-state index is 5.92. The van der Waals surface area contributed by atoms with Crippen LogP contribution in [-0.4, -0.2) is 57.3 Å². The Hall–Kier alpha value is -1.48. The molecule has 2 N–H and O–H groups in total. The summed E-state index contributed by atoms with van der Waals surface area (Å²) in [6.45, 7) is 8.65. The van der Waals surface area contributed by atoms with Gasteiger partial charge in [-0.2, -0.15) is 0 Å². The summed E-state index contributed by atoms with van der Waals surface area (Å²) in [6, 6.07) is 6.50. The second kappa shape index (κ2) is 13.7. The second-order valence-electron chi connectivity index (χ2n) is 6.57. The Morgan fingerprint density at radius 3 is 2.50 bits per heavy atom. The average Bonchev–Trinajstić information content (AvgIpc) is 3.22. The van der Waals surface area contributed by atoms with E-state index >= 15 is 0 Å². The molecule has 0 saturated heterocycles. The molecular weight excluding hydrogens is 467 g/mol. The Kier molecular flexibility index (Phi) is 12.0. The number of guanidine groups is 1. The highest BCUT2D eigenvalue weighted by molar-refractivity contribution is 14.0. The van der Waals surface area contributed by atoms with E-state index in [1.165, 1.54) is 0 Å². The van der Waals surface area contributed by atoms with Crippen LogP contribution in [0.25, 0.3) is 0 Å². The van der Waals surface area contributed by atoms with E-state index in [9.17, 15) is 0 Å². The first-order valence-corrected chi connectivity index (χ1v) is 9.84. The van der Waals surface area contributed by atoms with Crippen LogP contribution in [0.1, 0.15) is 32.3 Å². The Balaban J connectivity index is 0.00000392. The first-order valence-electron chi connectivity index (χ1n) is 9.84. The number of likely N-dealkylation sites (N-methyl/N-ethyl adjacent to an activating group) is 1. The third-order valence-electron chi connectivity index (χ3n) is 4.82. The first-order chi connectivity index (χ1) is 13.2. The van der Waals surface area contributed by atoms with E-state index in [4.69, 9.17) is 9.47 Å². The molecule has 0 atom stereocenters. The van der Waals surface area contributed by atoms with Gasteiger partial charge in [-0.3, -0.25) is 4.99 Å². The molecule has 1 aromatic rings.